The molecule has 0 aliphatic rings. The average molecular weight is 316 g/mol. The highest BCUT2D eigenvalue weighted by atomic mass is 16.5. The zero-order chi connectivity index (χ0) is 16.8. The van der Waals surface area contributed by atoms with E-state index in [9.17, 15) is 9.90 Å². The van der Waals surface area contributed by atoms with E-state index in [2.05, 4.69) is 17.4 Å². The Balaban J connectivity index is 1.90. The number of hydrogen-bond donors (Lipinski definition) is 2. The molecule has 23 heavy (non-hydrogen) atoms. The van der Waals surface area contributed by atoms with Crippen molar-refractivity contribution in [3.63, 3.8) is 0 Å². The van der Waals surface area contributed by atoms with Crippen LogP contribution in [0.4, 0.5) is 0 Å². The van der Waals surface area contributed by atoms with Gasteiger partial charge >= 0.3 is 0 Å². The van der Waals surface area contributed by atoms with Crippen molar-refractivity contribution >= 4 is 5.91 Å². The van der Waals surface area contributed by atoms with E-state index in [1.54, 1.807) is 6.07 Å². The van der Waals surface area contributed by atoms with Crippen molar-refractivity contribution in [3.8, 4) is 0 Å². The van der Waals surface area contributed by atoms with Gasteiger partial charge in [-0.2, -0.15) is 0 Å². The Morgan fingerprint density at radius 2 is 2.00 bits per heavy atom. The second kappa shape index (κ2) is 7.92. The van der Waals surface area contributed by atoms with E-state index >= 15 is 0 Å². The van der Waals surface area contributed by atoms with Gasteiger partial charge in [-0.3, -0.25) is 4.79 Å². The molecule has 5 heteroatoms. The summed E-state index contributed by atoms with van der Waals surface area (Å²) in [6.07, 6.45) is 0.756. The molecule has 1 amide bonds. The predicted molar refractivity (Wildman–Crippen MR) is 88.2 cm³/mol. The molecule has 5 nitrogen and oxygen atoms in total. The molecule has 3 atom stereocenters. The van der Waals surface area contributed by atoms with Gasteiger partial charge in [-0.05, 0) is 25.3 Å². The van der Waals surface area contributed by atoms with E-state index in [-0.39, 0.29) is 23.6 Å². The molecule has 0 aliphatic carbocycles. The summed E-state index contributed by atoms with van der Waals surface area (Å²) in [6.45, 7) is 5.96. The van der Waals surface area contributed by atoms with Gasteiger partial charge in [0.1, 0.15) is 0 Å². The number of aliphatic hydroxyl groups excluding tert-OH is 1. The molecule has 0 radical (unpaired) electrons. The number of nitrogens with zero attached hydrogens (tertiary/aromatic N) is 1. The first-order valence-electron chi connectivity index (χ1n) is 8.01. The Morgan fingerprint density at radius 1 is 1.30 bits per heavy atom. The normalized spacial score (nSPS) is 15.0. The number of aliphatic hydroxyl groups is 1. The zero-order valence-corrected chi connectivity index (χ0v) is 13.8. The molecular weight excluding hydrogens is 292 g/mol. The maximum atomic E-state index is 12.2. The summed E-state index contributed by atoms with van der Waals surface area (Å²) in [5.74, 6) is 0.166. The lowest BCUT2D eigenvalue weighted by Gasteiger charge is -2.17. The fraction of sp³-hybridized carbons (Fsp3) is 0.444. The number of carbonyl (C=O) groups excluding carboxylic acids is 1. The van der Waals surface area contributed by atoms with Crippen LogP contribution in [-0.4, -0.2) is 22.2 Å². The zero-order valence-electron chi connectivity index (χ0n) is 13.8. The van der Waals surface area contributed by atoms with E-state index in [0.29, 0.717) is 6.42 Å². The number of carbonyl (C=O) groups is 1. The van der Waals surface area contributed by atoms with Crippen molar-refractivity contribution in [3.05, 3.63) is 53.4 Å². The van der Waals surface area contributed by atoms with Crippen molar-refractivity contribution < 1.29 is 14.4 Å². The Morgan fingerprint density at radius 3 is 2.65 bits per heavy atom. The van der Waals surface area contributed by atoms with E-state index in [0.717, 1.165) is 17.7 Å². The summed E-state index contributed by atoms with van der Waals surface area (Å²) >= 11 is 0. The predicted octanol–water partition coefficient (Wildman–Crippen LogP) is 3.43. The van der Waals surface area contributed by atoms with Crippen LogP contribution in [-0.2, 0) is 0 Å². The third-order valence-corrected chi connectivity index (χ3v) is 4.01. The van der Waals surface area contributed by atoms with Crippen molar-refractivity contribution in [1.29, 1.82) is 0 Å². The second-order valence-electron chi connectivity index (χ2n) is 5.96. The van der Waals surface area contributed by atoms with Crippen LogP contribution in [0.3, 0.4) is 0 Å². The molecule has 0 bridgehead atoms. The fourth-order valence-electron chi connectivity index (χ4n) is 2.34. The molecule has 0 saturated heterocycles. The smallest absolute Gasteiger partial charge is 0.290 e. The minimum absolute atomic E-state index is 0.185. The molecule has 2 aromatic rings. The summed E-state index contributed by atoms with van der Waals surface area (Å²) < 4.78 is 5.12. The van der Waals surface area contributed by atoms with Crippen LogP contribution in [0.15, 0.2) is 40.9 Å². The Bertz CT molecular complexity index is 624. The number of aromatic nitrogens is 1. The first-order chi connectivity index (χ1) is 11.0. The largest absolute Gasteiger partial charge is 0.388 e. The SMILES string of the molecule is CCC(C)c1cc(C(=O)NC(C)CC(O)c2ccccc2)on1. The number of benzene rings is 1. The van der Waals surface area contributed by atoms with Gasteiger partial charge in [-0.25, -0.2) is 0 Å². The summed E-state index contributed by atoms with van der Waals surface area (Å²) in [5.41, 5.74) is 1.63. The quantitative estimate of drug-likeness (QED) is 0.820. The molecule has 2 N–H and O–H groups in total. The van der Waals surface area contributed by atoms with Crippen LogP contribution < -0.4 is 5.32 Å². The lowest BCUT2D eigenvalue weighted by atomic mass is 10.0. The minimum atomic E-state index is -0.614. The lowest BCUT2D eigenvalue weighted by Crippen LogP contribution is -2.33. The molecular formula is C18H24N2O3. The molecule has 0 aliphatic heterocycles. The maximum absolute atomic E-state index is 12.2. The fourth-order valence-corrected chi connectivity index (χ4v) is 2.34. The van der Waals surface area contributed by atoms with E-state index < -0.39 is 6.10 Å². The van der Waals surface area contributed by atoms with E-state index in [1.807, 2.05) is 44.2 Å². The second-order valence-corrected chi connectivity index (χ2v) is 5.96. The molecule has 0 spiro atoms. The molecule has 0 saturated carbocycles. The van der Waals surface area contributed by atoms with Crippen LogP contribution in [0.5, 0.6) is 0 Å². The summed E-state index contributed by atoms with van der Waals surface area (Å²) in [6, 6.07) is 10.9. The highest BCUT2D eigenvalue weighted by Gasteiger charge is 2.19. The van der Waals surface area contributed by atoms with Gasteiger partial charge < -0.3 is 14.9 Å². The van der Waals surface area contributed by atoms with Crippen molar-refractivity contribution in [2.75, 3.05) is 0 Å². The first kappa shape index (κ1) is 17.2. The van der Waals surface area contributed by atoms with Crippen LogP contribution in [0, 0.1) is 0 Å². The Labute approximate surface area is 136 Å². The highest BCUT2D eigenvalue weighted by molar-refractivity contribution is 5.91. The van der Waals surface area contributed by atoms with Crippen LogP contribution in [0.2, 0.25) is 0 Å². The molecule has 1 aromatic carbocycles. The third kappa shape index (κ3) is 4.66. The van der Waals surface area contributed by atoms with Crippen LogP contribution in [0.25, 0.3) is 0 Å². The van der Waals surface area contributed by atoms with Crippen molar-refractivity contribution in [2.24, 2.45) is 0 Å². The number of amides is 1. The van der Waals surface area contributed by atoms with Gasteiger partial charge in [-0.1, -0.05) is 49.3 Å². The monoisotopic (exact) mass is 316 g/mol. The number of hydrogen-bond acceptors (Lipinski definition) is 4. The third-order valence-electron chi connectivity index (χ3n) is 4.01. The molecule has 124 valence electrons. The number of rotatable bonds is 7. The van der Waals surface area contributed by atoms with Gasteiger partial charge in [0.05, 0.1) is 11.8 Å². The van der Waals surface area contributed by atoms with E-state index in [4.69, 9.17) is 4.52 Å². The number of nitrogens with one attached hydrogen (secondary N) is 1. The summed E-state index contributed by atoms with van der Waals surface area (Å²) in [4.78, 5) is 12.2. The summed E-state index contributed by atoms with van der Waals surface area (Å²) in [7, 11) is 0. The molecule has 0 fully saturated rings. The molecule has 3 unspecified atom stereocenters. The average Bonchev–Trinajstić information content (AvgIpc) is 3.05. The Kier molecular flexibility index (Phi) is 5.93. The van der Waals surface area contributed by atoms with E-state index in [1.165, 1.54) is 0 Å². The van der Waals surface area contributed by atoms with Gasteiger partial charge in [0.15, 0.2) is 0 Å². The first-order valence-corrected chi connectivity index (χ1v) is 8.01. The maximum Gasteiger partial charge on any atom is 0.290 e. The lowest BCUT2D eigenvalue weighted by molar-refractivity contribution is 0.0880. The van der Waals surface area contributed by atoms with Crippen LogP contribution in [0.1, 0.15) is 67.4 Å². The standard InChI is InChI=1S/C18H24N2O3/c1-4-12(2)15-11-17(23-20-15)18(22)19-13(3)10-16(21)14-8-6-5-7-9-14/h5-9,11-13,16,21H,4,10H2,1-3H3,(H,19,22). The van der Waals surface area contributed by atoms with Crippen molar-refractivity contribution in [2.45, 2.75) is 51.7 Å². The summed E-state index contributed by atoms with van der Waals surface area (Å²) in [5, 5.41) is 17.0. The molecule has 2 rings (SSSR count). The minimum Gasteiger partial charge on any atom is -0.388 e. The highest BCUT2D eigenvalue weighted by Crippen LogP contribution is 2.20. The van der Waals surface area contributed by atoms with Crippen molar-refractivity contribution in [1.82, 2.24) is 10.5 Å². The topological polar surface area (TPSA) is 75.4 Å². The van der Waals surface area contributed by atoms with Crippen LogP contribution >= 0.6 is 0 Å². The Hall–Kier alpha value is -2.14. The van der Waals surface area contributed by atoms with Gasteiger partial charge in [0, 0.05) is 18.0 Å². The van der Waals surface area contributed by atoms with Gasteiger partial charge in [0.25, 0.3) is 5.91 Å². The van der Waals surface area contributed by atoms with Gasteiger partial charge in [-0.15, -0.1) is 0 Å². The molecule has 1 heterocycles. The molecule has 1 aromatic heterocycles. The van der Waals surface area contributed by atoms with Gasteiger partial charge in [0.2, 0.25) is 5.76 Å².